The van der Waals surface area contributed by atoms with Gasteiger partial charge < -0.3 is 15.0 Å². The lowest BCUT2D eigenvalue weighted by Gasteiger charge is -2.35. The summed E-state index contributed by atoms with van der Waals surface area (Å²) in [4.78, 5) is 15.3. The van der Waals surface area contributed by atoms with Gasteiger partial charge in [0, 0.05) is 30.6 Å². The van der Waals surface area contributed by atoms with Crippen LogP contribution in [0.25, 0.3) is 0 Å². The Morgan fingerprint density at radius 2 is 2.00 bits per heavy atom. The van der Waals surface area contributed by atoms with Gasteiger partial charge in [-0.3, -0.25) is 0 Å². The Morgan fingerprint density at radius 3 is 2.52 bits per heavy atom. The Balaban J connectivity index is 1.73. The van der Waals surface area contributed by atoms with Crippen LogP contribution in [0.4, 0.5) is 4.79 Å². The molecule has 0 atom stereocenters. The van der Waals surface area contributed by atoms with Gasteiger partial charge in [0.25, 0.3) is 0 Å². The second-order valence-electron chi connectivity index (χ2n) is 7.18. The number of hydrogen-bond acceptors (Lipinski definition) is 4. The van der Waals surface area contributed by atoms with Crippen LogP contribution in [0.5, 0.6) is 0 Å². The van der Waals surface area contributed by atoms with E-state index >= 15 is 0 Å². The van der Waals surface area contributed by atoms with Gasteiger partial charge in [-0.05, 0) is 74.5 Å². The first-order valence-corrected chi connectivity index (χ1v) is 9.79. The Kier molecular flexibility index (Phi) is 6.51. The van der Waals surface area contributed by atoms with Crippen LogP contribution in [0.15, 0.2) is 15.9 Å². The number of thiophene rings is 1. The van der Waals surface area contributed by atoms with Crippen molar-refractivity contribution in [3.63, 3.8) is 0 Å². The molecule has 1 aromatic rings. The minimum Gasteiger partial charge on any atom is -0.444 e. The molecule has 1 aromatic heterocycles. The van der Waals surface area contributed by atoms with Crippen LogP contribution in [-0.4, -0.2) is 35.7 Å². The summed E-state index contributed by atoms with van der Waals surface area (Å²) in [5, 5.41) is 3.63. The fraction of sp³-hybridized carbons (Fsp3) is 0.706. The van der Waals surface area contributed by atoms with Crippen LogP contribution in [0, 0.1) is 0 Å². The molecule has 1 heterocycles. The lowest BCUT2D eigenvalue weighted by molar-refractivity contribution is 0.0179. The van der Waals surface area contributed by atoms with E-state index in [9.17, 15) is 4.79 Å². The average Bonchev–Trinajstić information content (AvgIpc) is 2.89. The summed E-state index contributed by atoms with van der Waals surface area (Å²) in [6.07, 6.45) is 4.05. The van der Waals surface area contributed by atoms with E-state index in [-0.39, 0.29) is 6.09 Å². The van der Waals surface area contributed by atoms with Crippen LogP contribution in [0.2, 0.25) is 0 Å². The van der Waals surface area contributed by atoms with Crippen molar-refractivity contribution in [2.75, 3.05) is 7.05 Å². The number of nitrogens with zero attached hydrogens (tertiary/aromatic N) is 1. The van der Waals surface area contributed by atoms with E-state index in [0.717, 1.165) is 32.2 Å². The summed E-state index contributed by atoms with van der Waals surface area (Å²) < 4.78 is 6.63. The Morgan fingerprint density at radius 1 is 1.35 bits per heavy atom. The first-order valence-electron chi connectivity index (χ1n) is 8.18. The molecule has 1 aliphatic carbocycles. The quantitative estimate of drug-likeness (QED) is 0.787. The molecule has 23 heavy (non-hydrogen) atoms. The summed E-state index contributed by atoms with van der Waals surface area (Å²) in [6, 6.07) is 5.08. The van der Waals surface area contributed by atoms with Crippen molar-refractivity contribution in [2.24, 2.45) is 0 Å². The van der Waals surface area contributed by atoms with Crippen molar-refractivity contribution in [3.05, 3.63) is 20.8 Å². The van der Waals surface area contributed by atoms with E-state index in [4.69, 9.17) is 4.74 Å². The van der Waals surface area contributed by atoms with Crippen LogP contribution in [0.1, 0.15) is 51.3 Å². The van der Waals surface area contributed by atoms with Crippen LogP contribution >= 0.6 is 27.3 Å². The van der Waals surface area contributed by atoms with Gasteiger partial charge in [-0.15, -0.1) is 11.3 Å². The lowest BCUT2D eigenvalue weighted by Crippen LogP contribution is -2.44. The molecule has 1 saturated carbocycles. The lowest BCUT2D eigenvalue weighted by atomic mass is 9.90. The maximum Gasteiger partial charge on any atom is 0.410 e. The van der Waals surface area contributed by atoms with Gasteiger partial charge in [0.1, 0.15) is 5.60 Å². The second-order valence-corrected chi connectivity index (χ2v) is 9.73. The van der Waals surface area contributed by atoms with Crippen molar-refractivity contribution in [3.8, 4) is 0 Å². The number of amides is 1. The molecule has 1 N–H and O–H groups in total. The van der Waals surface area contributed by atoms with E-state index in [2.05, 4.69) is 33.4 Å². The minimum absolute atomic E-state index is 0.211. The standard InChI is InChI=1S/C17H27BrN2O2S/c1-17(2,3)22-16(21)20(4)13-7-5-12(6-8-13)19-11-14-9-10-15(18)23-14/h9-10,12-13,19H,5-8,11H2,1-4H3. The molecular weight excluding hydrogens is 376 g/mol. The fourth-order valence-corrected chi connectivity index (χ4v) is 4.28. The Bertz CT molecular complexity index is 519. The zero-order chi connectivity index (χ0) is 17.0. The number of ether oxygens (including phenoxy) is 1. The first kappa shape index (κ1) is 18.7. The predicted octanol–water partition coefficient (Wildman–Crippen LogP) is 4.78. The molecule has 1 aliphatic rings. The summed E-state index contributed by atoms with van der Waals surface area (Å²) in [6.45, 7) is 6.64. The highest BCUT2D eigenvalue weighted by Gasteiger charge is 2.29. The van der Waals surface area contributed by atoms with E-state index in [1.54, 1.807) is 16.2 Å². The molecule has 0 bridgehead atoms. The van der Waals surface area contributed by atoms with Gasteiger partial charge in [-0.1, -0.05) is 0 Å². The molecular formula is C17H27BrN2O2S. The monoisotopic (exact) mass is 402 g/mol. The summed E-state index contributed by atoms with van der Waals surface area (Å²) in [5.74, 6) is 0. The van der Waals surface area contributed by atoms with Crippen molar-refractivity contribution >= 4 is 33.4 Å². The molecule has 0 unspecified atom stereocenters. The molecule has 130 valence electrons. The van der Waals surface area contributed by atoms with E-state index in [0.29, 0.717) is 12.1 Å². The van der Waals surface area contributed by atoms with Gasteiger partial charge in [-0.2, -0.15) is 0 Å². The Hall–Kier alpha value is -0.590. The SMILES string of the molecule is CN(C(=O)OC(C)(C)C)C1CCC(NCc2ccc(Br)s2)CC1. The smallest absolute Gasteiger partial charge is 0.410 e. The molecule has 0 saturated heterocycles. The largest absolute Gasteiger partial charge is 0.444 e. The highest BCUT2D eigenvalue weighted by Crippen LogP contribution is 2.25. The van der Waals surface area contributed by atoms with Crippen LogP contribution < -0.4 is 5.32 Å². The number of carbonyl (C=O) groups excluding carboxylic acids is 1. The third-order valence-corrected chi connectivity index (χ3v) is 5.74. The predicted molar refractivity (Wildman–Crippen MR) is 98.9 cm³/mol. The normalized spacial score (nSPS) is 22.0. The van der Waals surface area contributed by atoms with Gasteiger partial charge in [0.2, 0.25) is 0 Å². The molecule has 1 fully saturated rings. The number of carbonyl (C=O) groups is 1. The number of hydrogen-bond donors (Lipinski definition) is 1. The van der Waals surface area contributed by atoms with E-state index < -0.39 is 5.60 Å². The molecule has 0 radical (unpaired) electrons. The average molecular weight is 403 g/mol. The number of rotatable bonds is 4. The van der Waals surface area contributed by atoms with Crippen molar-refractivity contribution in [2.45, 2.75) is 70.7 Å². The minimum atomic E-state index is -0.431. The zero-order valence-corrected chi connectivity index (χ0v) is 16.8. The van der Waals surface area contributed by atoms with E-state index in [1.165, 1.54) is 8.66 Å². The number of nitrogens with one attached hydrogen (secondary N) is 1. The van der Waals surface area contributed by atoms with Crippen LogP contribution in [0.3, 0.4) is 0 Å². The van der Waals surface area contributed by atoms with Gasteiger partial charge >= 0.3 is 6.09 Å². The maximum atomic E-state index is 12.1. The summed E-state index contributed by atoms with van der Waals surface area (Å²) >= 11 is 5.27. The third kappa shape index (κ3) is 6.08. The Labute approximate surface area is 151 Å². The van der Waals surface area contributed by atoms with Gasteiger partial charge in [0.05, 0.1) is 3.79 Å². The molecule has 0 spiro atoms. The second kappa shape index (κ2) is 7.99. The first-order chi connectivity index (χ1) is 10.7. The van der Waals surface area contributed by atoms with Gasteiger partial charge in [-0.25, -0.2) is 4.79 Å². The highest BCUT2D eigenvalue weighted by atomic mass is 79.9. The molecule has 6 heteroatoms. The fourth-order valence-electron chi connectivity index (χ4n) is 2.84. The van der Waals surface area contributed by atoms with Crippen molar-refractivity contribution in [1.29, 1.82) is 0 Å². The maximum absolute atomic E-state index is 12.1. The zero-order valence-electron chi connectivity index (χ0n) is 14.4. The van der Waals surface area contributed by atoms with Crippen molar-refractivity contribution in [1.82, 2.24) is 10.2 Å². The summed E-state index contributed by atoms with van der Waals surface area (Å²) in [5.41, 5.74) is -0.431. The van der Waals surface area contributed by atoms with Gasteiger partial charge in [0.15, 0.2) is 0 Å². The molecule has 0 aliphatic heterocycles. The van der Waals surface area contributed by atoms with Crippen molar-refractivity contribution < 1.29 is 9.53 Å². The molecule has 0 aromatic carbocycles. The van der Waals surface area contributed by atoms with Crippen LogP contribution in [-0.2, 0) is 11.3 Å². The summed E-state index contributed by atoms with van der Waals surface area (Å²) in [7, 11) is 1.86. The van der Waals surface area contributed by atoms with E-state index in [1.807, 2.05) is 27.8 Å². The third-order valence-electron chi connectivity index (χ3n) is 4.12. The topological polar surface area (TPSA) is 41.6 Å². The highest BCUT2D eigenvalue weighted by molar-refractivity contribution is 9.11. The molecule has 1 amide bonds. The molecule has 2 rings (SSSR count). The number of halogens is 1. The molecule has 4 nitrogen and oxygen atoms in total.